The van der Waals surface area contributed by atoms with Gasteiger partial charge in [-0.1, -0.05) is 0 Å². The molecule has 41 heavy (non-hydrogen) atoms. The fourth-order valence-electron chi connectivity index (χ4n) is 6.10. The van der Waals surface area contributed by atoms with E-state index in [1.165, 1.54) is 24.7 Å². The molecular formula is C30H31N9O2. The van der Waals surface area contributed by atoms with Crippen molar-refractivity contribution in [1.29, 1.82) is 0 Å². The highest BCUT2D eigenvalue weighted by molar-refractivity contribution is 5.99. The van der Waals surface area contributed by atoms with Crippen molar-refractivity contribution in [1.82, 2.24) is 29.5 Å². The van der Waals surface area contributed by atoms with Gasteiger partial charge in [-0.2, -0.15) is 5.10 Å². The van der Waals surface area contributed by atoms with Gasteiger partial charge in [-0.05, 0) is 81.2 Å². The van der Waals surface area contributed by atoms with Crippen molar-refractivity contribution in [3.8, 4) is 0 Å². The summed E-state index contributed by atoms with van der Waals surface area (Å²) in [5.41, 5.74) is 4.02. The van der Waals surface area contributed by atoms with Gasteiger partial charge in [0.25, 0.3) is 0 Å². The maximum Gasteiger partial charge on any atom is 0.231 e. The smallest absolute Gasteiger partial charge is 0.231 e. The van der Waals surface area contributed by atoms with Crippen LogP contribution < -0.4 is 15.5 Å². The number of aryl methyl sites for hydroxylation is 1. The van der Waals surface area contributed by atoms with Crippen molar-refractivity contribution in [3.63, 3.8) is 0 Å². The number of fused-ring (bicyclic) bond motifs is 2. The van der Waals surface area contributed by atoms with Crippen LogP contribution in [0.2, 0.25) is 0 Å². The Balaban J connectivity index is 0.987. The quantitative estimate of drug-likeness (QED) is 0.337. The summed E-state index contributed by atoms with van der Waals surface area (Å²) in [6.07, 6.45) is 7.31. The topological polar surface area (TPSA) is 130 Å². The number of carbonyl (C=O) groups is 2. The molecule has 1 saturated heterocycles. The van der Waals surface area contributed by atoms with Crippen molar-refractivity contribution >= 4 is 34.8 Å². The molecule has 2 unspecified atom stereocenters. The van der Waals surface area contributed by atoms with Crippen molar-refractivity contribution in [3.05, 3.63) is 65.6 Å². The van der Waals surface area contributed by atoms with Crippen LogP contribution in [0.3, 0.4) is 0 Å². The van der Waals surface area contributed by atoms with Crippen LogP contribution >= 0.6 is 0 Å². The van der Waals surface area contributed by atoms with E-state index in [2.05, 4.69) is 48.8 Å². The van der Waals surface area contributed by atoms with Gasteiger partial charge in [0, 0.05) is 42.3 Å². The first kappa shape index (κ1) is 24.4. The second-order valence-corrected chi connectivity index (χ2v) is 12.0. The number of pyridine rings is 1. The average Bonchev–Trinajstić information content (AvgIpc) is 3.87. The first-order valence-corrected chi connectivity index (χ1v) is 14.5. The number of hydrogen-bond donors (Lipinski definition) is 2. The minimum Gasteiger partial charge on any atom is -0.362 e. The highest BCUT2D eigenvalue weighted by Crippen LogP contribution is 2.49. The number of nitrogens with zero attached hydrogens (tertiary/aromatic N) is 7. The van der Waals surface area contributed by atoms with Gasteiger partial charge in [-0.3, -0.25) is 14.5 Å². The van der Waals surface area contributed by atoms with E-state index < -0.39 is 0 Å². The molecule has 4 fully saturated rings. The minimum atomic E-state index is -0.167. The number of amides is 2. The SMILES string of the molecule is Cc1ccnc([C@H]2C[C@@H]2C(=O)Nc2cc(N[C@@H](C)c3cc4cc(C5CC5)cc(N5CC6CC6C5=O)n4n3)ncn2)n1. The molecule has 2 amide bonds. The van der Waals surface area contributed by atoms with Crippen molar-refractivity contribution in [2.75, 3.05) is 22.1 Å². The van der Waals surface area contributed by atoms with Gasteiger partial charge in [0.1, 0.15) is 29.6 Å². The predicted molar refractivity (Wildman–Crippen MR) is 151 cm³/mol. The van der Waals surface area contributed by atoms with E-state index in [0.29, 0.717) is 23.5 Å². The molecule has 0 radical (unpaired) electrons. The maximum absolute atomic E-state index is 12.9. The number of aromatic nitrogens is 6. The summed E-state index contributed by atoms with van der Waals surface area (Å²) in [6, 6.07) is 9.87. The molecule has 1 aliphatic heterocycles. The Morgan fingerprint density at radius 2 is 1.90 bits per heavy atom. The fraction of sp³-hybridized carbons (Fsp3) is 0.433. The summed E-state index contributed by atoms with van der Waals surface area (Å²) in [5.74, 6) is 3.89. The Hall–Kier alpha value is -4.41. The van der Waals surface area contributed by atoms with Crippen LogP contribution in [0, 0.1) is 24.7 Å². The molecule has 3 aliphatic carbocycles. The zero-order valence-electron chi connectivity index (χ0n) is 23.0. The second kappa shape index (κ2) is 9.05. The van der Waals surface area contributed by atoms with Gasteiger partial charge in [-0.25, -0.2) is 24.5 Å². The summed E-state index contributed by atoms with van der Waals surface area (Å²) in [6.45, 7) is 4.73. The third-order valence-electron chi connectivity index (χ3n) is 8.83. The van der Waals surface area contributed by atoms with E-state index in [0.717, 1.165) is 47.9 Å². The van der Waals surface area contributed by atoms with Crippen LogP contribution in [0.5, 0.6) is 0 Å². The standard InChI is InChI=1S/C30H31N9O2/c1-15-5-6-31-28(34-15)22-11-23(22)29(40)36-26-12-25(32-14-33-26)35-16(2)24-10-20-7-18(17-3-4-17)9-27(39(20)37-24)38-13-19-8-21(19)30(38)41/h5-7,9-10,12,14,16-17,19,21-23H,3-4,8,11,13H2,1-2H3,(H2,32,33,35,36,40)/t16-,19?,21?,22-,23-/m0/s1. The van der Waals surface area contributed by atoms with Crippen molar-refractivity contribution < 1.29 is 9.59 Å². The summed E-state index contributed by atoms with van der Waals surface area (Å²) in [5, 5.41) is 11.3. The van der Waals surface area contributed by atoms with E-state index >= 15 is 0 Å². The van der Waals surface area contributed by atoms with Gasteiger partial charge >= 0.3 is 0 Å². The fourth-order valence-corrected chi connectivity index (χ4v) is 6.10. The van der Waals surface area contributed by atoms with Crippen LogP contribution in [0.1, 0.15) is 73.3 Å². The Morgan fingerprint density at radius 1 is 1.05 bits per heavy atom. The highest BCUT2D eigenvalue weighted by atomic mass is 16.2. The molecule has 3 saturated carbocycles. The molecular weight excluding hydrogens is 518 g/mol. The molecule has 8 rings (SSSR count). The molecule has 208 valence electrons. The lowest BCUT2D eigenvalue weighted by atomic mass is 10.1. The third kappa shape index (κ3) is 4.49. The average molecular weight is 550 g/mol. The van der Waals surface area contributed by atoms with E-state index in [1.807, 2.05) is 29.3 Å². The zero-order chi connectivity index (χ0) is 27.8. The number of rotatable bonds is 8. The largest absolute Gasteiger partial charge is 0.362 e. The molecule has 0 spiro atoms. The van der Waals surface area contributed by atoms with E-state index in [1.54, 1.807) is 12.3 Å². The Bertz CT molecular complexity index is 1710. The van der Waals surface area contributed by atoms with Gasteiger partial charge in [0.05, 0.1) is 17.3 Å². The number of carbonyl (C=O) groups excluding carboxylic acids is 2. The molecule has 11 heteroatoms. The summed E-state index contributed by atoms with van der Waals surface area (Å²) >= 11 is 0. The molecule has 4 aromatic rings. The zero-order valence-corrected chi connectivity index (χ0v) is 23.0. The summed E-state index contributed by atoms with van der Waals surface area (Å²) in [4.78, 5) is 45.2. The Labute approximate surface area is 236 Å². The molecule has 5 heterocycles. The molecule has 0 aromatic carbocycles. The predicted octanol–water partition coefficient (Wildman–Crippen LogP) is 4.00. The molecule has 4 aromatic heterocycles. The highest BCUT2D eigenvalue weighted by Gasteiger charge is 2.53. The van der Waals surface area contributed by atoms with Gasteiger partial charge in [-0.15, -0.1) is 0 Å². The van der Waals surface area contributed by atoms with Crippen molar-refractivity contribution in [2.45, 2.75) is 57.4 Å². The lowest BCUT2D eigenvalue weighted by Gasteiger charge is -2.20. The number of nitrogens with one attached hydrogen (secondary N) is 2. The number of anilines is 3. The minimum absolute atomic E-state index is 0.0383. The number of hydrogen-bond acceptors (Lipinski definition) is 8. The Morgan fingerprint density at radius 3 is 2.68 bits per heavy atom. The van der Waals surface area contributed by atoms with Crippen LogP contribution in [-0.2, 0) is 9.59 Å². The first-order chi connectivity index (χ1) is 19.9. The van der Waals surface area contributed by atoms with Gasteiger partial charge < -0.3 is 10.6 Å². The summed E-state index contributed by atoms with van der Waals surface area (Å²) < 4.78 is 1.91. The Kier molecular flexibility index (Phi) is 5.38. The van der Waals surface area contributed by atoms with Crippen LogP contribution in [-0.4, -0.2) is 47.9 Å². The monoisotopic (exact) mass is 549 g/mol. The number of piperidine rings is 1. The summed E-state index contributed by atoms with van der Waals surface area (Å²) in [7, 11) is 0. The lowest BCUT2D eigenvalue weighted by Crippen LogP contribution is -2.30. The van der Waals surface area contributed by atoms with Gasteiger partial charge in [0.2, 0.25) is 11.8 Å². The van der Waals surface area contributed by atoms with Gasteiger partial charge in [0.15, 0.2) is 0 Å². The second-order valence-electron chi connectivity index (χ2n) is 12.0. The molecule has 2 N–H and O–H groups in total. The normalized spacial score (nSPS) is 25.2. The lowest BCUT2D eigenvalue weighted by molar-refractivity contribution is -0.119. The maximum atomic E-state index is 12.9. The molecule has 0 bridgehead atoms. The molecule has 4 aliphatic rings. The molecule has 11 nitrogen and oxygen atoms in total. The third-order valence-corrected chi connectivity index (χ3v) is 8.83. The van der Waals surface area contributed by atoms with Crippen LogP contribution in [0.15, 0.2) is 42.9 Å². The van der Waals surface area contributed by atoms with Crippen molar-refractivity contribution in [2.24, 2.45) is 17.8 Å². The first-order valence-electron chi connectivity index (χ1n) is 14.5. The van der Waals surface area contributed by atoms with E-state index in [4.69, 9.17) is 5.10 Å². The molecule has 5 atom stereocenters. The van der Waals surface area contributed by atoms with Crippen LogP contribution in [0.25, 0.3) is 5.52 Å². The van der Waals surface area contributed by atoms with Crippen LogP contribution in [0.4, 0.5) is 17.5 Å². The van der Waals surface area contributed by atoms with E-state index in [9.17, 15) is 9.59 Å². The van der Waals surface area contributed by atoms with E-state index in [-0.39, 0.29) is 35.6 Å².